The first-order chi connectivity index (χ1) is 5.24. The molecule has 0 aromatic heterocycles. The zero-order valence-corrected chi connectivity index (χ0v) is 7.03. The predicted octanol–water partition coefficient (Wildman–Crippen LogP) is 3.56. The monoisotopic (exact) mass is 160 g/mol. The second-order valence-corrected chi connectivity index (χ2v) is 2.28. The minimum absolute atomic E-state index is 0.704. The minimum Gasteiger partial charge on any atom is -0.243 e. The fourth-order valence-corrected chi connectivity index (χ4v) is 0.739. The Morgan fingerprint density at radius 2 is 1.73 bits per heavy atom. The third kappa shape index (κ3) is 4.71. The molecule has 0 rings (SSSR count). The van der Waals surface area contributed by atoms with Crippen molar-refractivity contribution in [3.05, 3.63) is 23.6 Å². The van der Waals surface area contributed by atoms with Gasteiger partial charge in [-0.1, -0.05) is 25.5 Å². The van der Waals surface area contributed by atoms with Gasteiger partial charge in [0, 0.05) is 0 Å². The van der Waals surface area contributed by atoms with Crippen molar-refractivity contribution >= 4 is 0 Å². The molecule has 0 saturated heterocycles. The van der Waals surface area contributed by atoms with Gasteiger partial charge in [0.2, 0.25) is 0 Å². The van der Waals surface area contributed by atoms with Crippen LogP contribution in [0, 0.1) is 0 Å². The minimum atomic E-state index is -1.00. The lowest BCUT2D eigenvalue weighted by Gasteiger charge is -1.95. The highest BCUT2D eigenvalue weighted by Crippen LogP contribution is 2.07. The lowest BCUT2D eigenvalue weighted by molar-refractivity contribution is 0.459. The van der Waals surface area contributed by atoms with Gasteiger partial charge in [-0.15, -0.1) is 0 Å². The molecule has 0 spiro atoms. The Labute approximate surface area is 66.6 Å². The highest BCUT2D eigenvalue weighted by molar-refractivity contribution is 5.14. The normalized spacial score (nSPS) is 11.5. The summed E-state index contributed by atoms with van der Waals surface area (Å²) in [5.74, 6) is -0.704. The second kappa shape index (κ2) is 6.08. The average molecular weight is 160 g/mol. The maximum Gasteiger partial charge on any atom is 0.141 e. The zero-order chi connectivity index (χ0) is 8.69. The van der Waals surface area contributed by atoms with Gasteiger partial charge in [0.05, 0.1) is 0 Å². The highest BCUT2D eigenvalue weighted by atomic mass is 19.2. The van der Waals surface area contributed by atoms with Crippen LogP contribution in [0.2, 0.25) is 0 Å². The van der Waals surface area contributed by atoms with Crippen molar-refractivity contribution in [2.45, 2.75) is 26.7 Å². The van der Waals surface area contributed by atoms with E-state index in [1.807, 2.05) is 13.8 Å². The van der Waals surface area contributed by atoms with Crippen LogP contribution in [0.4, 0.5) is 8.78 Å². The number of rotatable bonds is 4. The van der Waals surface area contributed by atoms with Crippen molar-refractivity contribution in [1.29, 1.82) is 0 Å². The Balaban J connectivity index is 4.06. The molecule has 0 nitrogen and oxygen atoms in total. The smallest absolute Gasteiger partial charge is 0.141 e. The first kappa shape index (κ1) is 10.3. The van der Waals surface area contributed by atoms with Crippen molar-refractivity contribution < 1.29 is 8.78 Å². The molecule has 0 aliphatic carbocycles. The van der Waals surface area contributed by atoms with Crippen LogP contribution in [0.3, 0.4) is 0 Å². The molecule has 0 unspecified atom stereocenters. The van der Waals surface area contributed by atoms with Crippen LogP contribution in [0.1, 0.15) is 26.7 Å². The van der Waals surface area contributed by atoms with Crippen LogP contribution in [0.5, 0.6) is 0 Å². The van der Waals surface area contributed by atoms with Crippen LogP contribution < -0.4 is 0 Å². The molecule has 0 aliphatic heterocycles. The third-order valence-corrected chi connectivity index (χ3v) is 1.54. The molecule has 0 amide bonds. The molecule has 0 aromatic rings. The summed E-state index contributed by atoms with van der Waals surface area (Å²) in [7, 11) is 0. The SMILES string of the molecule is CCC(=C/C=C(/F)CF)CC. The van der Waals surface area contributed by atoms with Gasteiger partial charge >= 0.3 is 0 Å². The molecule has 0 aliphatic rings. The Kier molecular flexibility index (Phi) is 5.71. The molecule has 0 heterocycles. The summed E-state index contributed by atoms with van der Waals surface area (Å²) in [5.41, 5.74) is 1.13. The summed E-state index contributed by atoms with van der Waals surface area (Å²) in [6, 6.07) is 0. The third-order valence-electron chi connectivity index (χ3n) is 1.54. The van der Waals surface area contributed by atoms with Gasteiger partial charge < -0.3 is 0 Å². The molecule has 0 N–H and O–H groups in total. The van der Waals surface area contributed by atoms with E-state index in [4.69, 9.17) is 0 Å². The molecule has 0 fully saturated rings. The largest absolute Gasteiger partial charge is 0.243 e. The number of hydrogen-bond acceptors (Lipinski definition) is 0. The number of halogens is 2. The van der Waals surface area contributed by atoms with Crippen molar-refractivity contribution in [2.75, 3.05) is 6.67 Å². The quantitative estimate of drug-likeness (QED) is 0.551. The van der Waals surface area contributed by atoms with Gasteiger partial charge in [-0.2, -0.15) is 0 Å². The topological polar surface area (TPSA) is 0 Å². The number of allylic oxidation sites excluding steroid dienone is 4. The van der Waals surface area contributed by atoms with Crippen LogP contribution in [0.15, 0.2) is 23.6 Å². The van der Waals surface area contributed by atoms with Gasteiger partial charge in [-0.05, 0) is 18.9 Å². The summed E-state index contributed by atoms with van der Waals surface area (Å²) in [6.45, 7) is 2.99. The molecule has 64 valence electrons. The number of hydrogen-bond donors (Lipinski definition) is 0. The molecule has 11 heavy (non-hydrogen) atoms. The Bertz CT molecular complexity index is 151. The molecule has 0 aromatic carbocycles. The molecule has 0 bridgehead atoms. The molecule has 0 atom stereocenters. The molecule has 2 heteroatoms. The van der Waals surface area contributed by atoms with Crippen LogP contribution in [0.25, 0.3) is 0 Å². The van der Waals surface area contributed by atoms with Crippen molar-refractivity contribution in [3.8, 4) is 0 Å². The van der Waals surface area contributed by atoms with Gasteiger partial charge in [0.15, 0.2) is 0 Å². The first-order valence-electron chi connectivity index (χ1n) is 3.84. The summed E-state index contributed by atoms with van der Waals surface area (Å²) in [5, 5.41) is 0. The molecule has 0 saturated carbocycles. The van der Waals surface area contributed by atoms with Crippen LogP contribution >= 0.6 is 0 Å². The molecular formula is C9H14F2. The van der Waals surface area contributed by atoms with Gasteiger partial charge in [0.25, 0.3) is 0 Å². The Morgan fingerprint density at radius 1 is 1.18 bits per heavy atom. The number of alkyl halides is 1. The maximum atomic E-state index is 12.2. The fourth-order valence-electron chi connectivity index (χ4n) is 0.739. The van der Waals surface area contributed by atoms with E-state index in [1.54, 1.807) is 6.08 Å². The van der Waals surface area contributed by atoms with Gasteiger partial charge in [0.1, 0.15) is 12.5 Å². The van der Waals surface area contributed by atoms with Crippen LogP contribution in [-0.2, 0) is 0 Å². The first-order valence-corrected chi connectivity index (χ1v) is 3.84. The van der Waals surface area contributed by atoms with E-state index < -0.39 is 12.5 Å². The van der Waals surface area contributed by atoms with Crippen molar-refractivity contribution in [2.24, 2.45) is 0 Å². The summed E-state index contributed by atoms with van der Waals surface area (Å²) in [4.78, 5) is 0. The highest BCUT2D eigenvalue weighted by Gasteiger charge is 1.90. The van der Waals surface area contributed by atoms with Crippen molar-refractivity contribution in [1.82, 2.24) is 0 Å². The van der Waals surface area contributed by atoms with E-state index in [-0.39, 0.29) is 0 Å². The standard InChI is InChI=1S/C9H14F2/c1-3-8(4-2)5-6-9(11)7-10/h5-6H,3-4,7H2,1-2H3/b9-6+. The van der Waals surface area contributed by atoms with Gasteiger partial charge in [-0.3, -0.25) is 0 Å². The van der Waals surface area contributed by atoms with E-state index in [9.17, 15) is 8.78 Å². The Morgan fingerprint density at radius 3 is 2.09 bits per heavy atom. The fraction of sp³-hybridized carbons (Fsp3) is 0.556. The Hall–Kier alpha value is -0.660. The van der Waals surface area contributed by atoms with E-state index >= 15 is 0 Å². The zero-order valence-electron chi connectivity index (χ0n) is 7.03. The average Bonchev–Trinajstić information content (AvgIpc) is 2.06. The van der Waals surface area contributed by atoms with E-state index in [2.05, 4.69) is 0 Å². The van der Waals surface area contributed by atoms with Crippen LogP contribution in [-0.4, -0.2) is 6.67 Å². The summed E-state index contributed by atoms with van der Waals surface area (Å²) < 4.78 is 23.8. The van der Waals surface area contributed by atoms with E-state index in [1.165, 1.54) is 6.08 Å². The summed E-state index contributed by atoms with van der Waals surface area (Å²) >= 11 is 0. The predicted molar refractivity (Wildman–Crippen MR) is 43.8 cm³/mol. The maximum absolute atomic E-state index is 12.2. The molecule has 0 radical (unpaired) electrons. The summed E-state index contributed by atoms with van der Waals surface area (Å²) in [6.07, 6.45) is 4.64. The van der Waals surface area contributed by atoms with Gasteiger partial charge in [-0.25, -0.2) is 8.78 Å². The van der Waals surface area contributed by atoms with Crippen molar-refractivity contribution in [3.63, 3.8) is 0 Å². The lowest BCUT2D eigenvalue weighted by atomic mass is 10.1. The lowest BCUT2D eigenvalue weighted by Crippen LogP contribution is -1.77. The van der Waals surface area contributed by atoms with E-state index in [0.717, 1.165) is 18.4 Å². The van der Waals surface area contributed by atoms with E-state index in [0.29, 0.717) is 0 Å². The molecular weight excluding hydrogens is 146 g/mol. The second-order valence-electron chi connectivity index (χ2n) is 2.28.